The molecule has 1 saturated heterocycles. The number of nitrogens with zero attached hydrogens (tertiary/aromatic N) is 2. The van der Waals surface area contributed by atoms with Gasteiger partial charge in [0.15, 0.2) is 0 Å². The zero-order valence-electron chi connectivity index (χ0n) is 15.2. The van der Waals surface area contributed by atoms with Gasteiger partial charge in [0.25, 0.3) is 5.91 Å². The summed E-state index contributed by atoms with van der Waals surface area (Å²) in [5, 5.41) is 0. The summed E-state index contributed by atoms with van der Waals surface area (Å²) in [6.07, 6.45) is 5.23. The van der Waals surface area contributed by atoms with Crippen molar-refractivity contribution in [3.05, 3.63) is 59.9 Å². The van der Waals surface area contributed by atoms with E-state index in [2.05, 4.69) is 9.71 Å². The van der Waals surface area contributed by atoms with Crippen molar-refractivity contribution in [3.8, 4) is 0 Å². The van der Waals surface area contributed by atoms with Crippen LogP contribution in [0, 0.1) is 0 Å². The SMILES string of the molecule is COCCNS(=O)(=O)c1cccc(C(=O)N2CCC[C@@H]2c2ccncc2)c1. The Balaban J connectivity index is 1.81. The Morgan fingerprint density at radius 2 is 2.07 bits per heavy atom. The number of carbonyl (C=O) groups excluding carboxylic acids is 1. The molecule has 3 rings (SSSR count). The first kappa shape index (κ1) is 19.5. The highest BCUT2D eigenvalue weighted by Crippen LogP contribution is 2.33. The van der Waals surface area contributed by atoms with Crippen LogP contribution < -0.4 is 4.72 Å². The van der Waals surface area contributed by atoms with Gasteiger partial charge in [-0.05, 0) is 48.7 Å². The van der Waals surface area contributed by atoms with E-state index < -0.39 is 10.0 Å². The predicted octanol–water partition coefficient (Wildman–Crippen LogP) is 1.98. The highest BCUT2D eigenvalue weighted by atomic mass is 32.2. The fraction of sp³-hybridized carbons (Fsp3) is 0.368. The number of nitrogens with one attached hydrogen (secondary N) is 1. The molecule has 0 unspecified atom stereocenters. The van der Waals surface area contributed by atoms with Gasteiger partial charge in [0.05, 0.1) is 17.5 Å². The molecule has 1 aliphatic heterocycles. The van der Waals surface area contributed by atoms with Gasteiger partial charge in [0.1, 0.15) is 0 Å². The molecule has 0 saturated carbocycles. The second-order valence-corrected chi connectivity index (χ2v) is 8.12. The summed E-state index contributed by atoms with van der Waals surface area (Å²) in [6, 6.07) is 9.97. The summed E-state index contributed by atoms with van der Waals surface area (Å²) < 4.78 is 32.1. The lowest BCUT2D eigenvalue weighted by Gasteiger charge is -2.25. The third-order valence-electron chi connectivity index (χ3n) is 4.59. The fourth-order valence-electron chi connectivity index (χ4n) is 3.27. The van der Waals surface area contributed by atoms with Gasteiger partial charge in [-0.25, -0.2) is 13.1 Å². The molecule has 1 aromatic heterocycles. The van der Waals surface area contributed by atoms with E-state index >= 15 is 0 Å². The minimum absolute atomic E-state index is 0.0133. The van der Waals surface area contributed by atoms with Crippen LogP contribution in [0.4, 0.5) is 0 Å². The first-order valence-corrected chi connectivity index (χ1v) is 10.3. The monoisotopic (exact) mass is 389 g/mol. The van der Waals surface area contributed by atoms with E-state index in [-0.39, 0.29) is 30.0 Å². The fourth-order valence-corrected chi connectivity index (χ4v) is 4.32. The lowest BCUT2D eigenvalue weighted by Crippen LogP contribution is -2.31. The quantitative estimate of drug-likeness (QED) is 0.732. The van der Waals surface area contributed by atoms with Crippen LogP contribution in [0.25, 0.3) is 0 Å². The molecule has 1 atom stereocenters. The molecule has 2 aromatic rings. The standard InChI is InChI=1S/C19H23N3O4S/c1-26-13-11-21-27(24,25)17-5-2-4-16(14-17)19(23)22-12-3-6-18(22)15-7-9-20-10-8-15/h2,4-5,7-10,14,18,21H,3,6,11-13H2,1H3/t18-/m1/s1. The Kier molecular flexibility index (Phi) is 6.20. The van der Waals surface area contributed by atoms with Crippen LogP contribution in [-0.2, 0) is 14.8 Å². The zero-order valence-corrected chi connectivity index (χ0v) is 16.0. The molecule has 1 aromatic carbocycles. The maximum absolute atomic E-state index is 13.0. The summed E-state index contributed by atoms with van der Waals surface area (Å²) in [5.74, 6) is -0.164. The zero-order chi connectivity index (χ0) is 19.3. The van der Waals surface area contributed by atoms with Gasteiger partial charge in [-0.3, -0.25) is 9.78 Å². The summed E-state index contributed by atoms with van der Waals surface area (Å²) in [6.45, 7) is 1.10. The molecule has 1 fully saturated rings. The Labute approximate surface area is 159 Å². The Morgan fingerprint density at radius 1 is 1.30 bits per heavy atom. The van der Waals surface area contributed by atoms with E-state index in [1.165, 1.54) is 19.2 Å². The average molecular weight is 389 g/mol. The summed E-state index contributed by atoms with van der Waals surface area (Å²) in [4.78, 5) is 19.0. The smallest absolute Gasteiger partial charge is 0.254 e. The molecule has 1 N–H and O–H groups in total. The summed E-state index contributed by atoms with van der Waals surface area (Å²) in [5.41, 5.74) is 1.41. The molecule has 144 valence electrons. The van der Waals surface area contributed by atoms with E-state index in [9.17, 15) is 13.2 Å². The second-order valence-electron chi connectivity index (χ2n) is 6.36. The van der Waals surface area contributed by atoms with Crippen molar-refractivity contribution in [1.82, 2.24) is 14.6 Å². The molecule has 0 bridgehead atoms. The van der Waals surface area contributed by atoms with E-state index in [0.29, 0.717) is 12.1 Å². The number of amides is 1. The molecule has 1 amide bonds. The highest BCUT2D eigenvalue weighted by molar-refractivity contribution is 7.89. The van der Waals surface area contributed by atoms with Gasteiger partial charge in [-0.1, -0.05) is 6.07 Å². The summed E-state index contributed by atoms with van der Waals surface area (Å²) >= 11 is 0. The van der Waals surface area contributed by atoms with E-state index in [1.807, 2.05) is 12.1 Å². The van der Waals surface area contributed by atoms with Gasteiger partial charge in [0.2, 0.25) is 10.0 Å². The maximum atomic E-state index is 13.0. The van der Waals surface area contributed by atoms with Crippen molar-refractivity contribution in [2.75, 3.05) is 26.8 Å². The number of rotatable bonds is 7. The minimum Gasteiger partial charge on any atom is -0.383 e. The van der Waals surface area contributed by atoms with Crippen LogP contribution in [0.2, 0.25) is 0 Å². The summed E-state index contributed by atoms with van der Waals surface area (Å²) in [7, 11) is -2.18. The number of ether oxygens (including phenoxy) is 1. The maximum Gasteiger partial charge on any atom is 0.254 e. The van der Waals surface area contributed by atoms with Crippen molar-refractivity contribution in [3.63, 3.8) is 0 Å². The van der Waals surface area contributed by atoms with Gasteiger partial charge in [-0.15, -0.1) is 0 Å². The Hall–Kier alpha value is -2.29. The van der Waals surface area contributed by atoms with Gasteiger partial charge in [-0.2, -0.15) is 0 Å². The van der Waals surface area contributed by atoms with Gasteiger partial charge in [0, 0.05) is 38.2 Å². The molecule has 2 heterocycles. The Bertz CT molecular complexity index is 887. The number of carbonyl (C=O) groups is 1. The molecule has 0 radical (unpaired) electrons. The number of aromatic nitrogens is 1. The number of hydrogen-bond acceptors (Lipinski definition) is 5. The van der Waals surface area contributed by atoms with Gasteiger partial charge < -0.3 is 9.64 Å². The highest BCUT2D eigenvalue weighted by Gasteiger charge is 2.31. The number of hydrogen-bond donors (Lipinski definition) is 1. The van der Waals surface area contributed by atoms with E-state index in [0.717, 1.165) is 18.4 Å². The molecule has 7 nitrogen and oxygen atoms in total. The van der Waals surface area contributed by atoms with Crippen LogP contribution in [0.1, 0.15) is 34.8 Å². The first-order chi connectivity index (χ1) is 13.0. The van der Waals surface area contributed by atoms with Crippen LogP contribution in [0.15, 0.2) is 53.7 Å². The van der Waals surface area contributed by atoms with Crippen molar-refractivity contribution in [2.24, 2.45) is 0 Å². The number of sulfonamides is 1. The second kappa shape index (κ2) is 8.60. The molecule has 1 aliphatic rings. The topological polar surface area (TPSA) is 88.6 Å². The number of likely N-dealkylation sites (tertiary alicyclic amines) is 1. The molecule has 8 heteroatoms. The number of benzene rings is 1. The lowest BCUT2D eigenvalue weighted by atomic mass is 10.1. The van der Waals surface area contributed by atoms with E-state index in [1.54, 1.807) is 29.4 Å². The van der Waals surface area contributed by atoms with E-state index in [4.69, 9.17) is 4.74 Å². The van der Waals surface area contributed by atoms with Crippen LogP contribution in [0.3, 0.4) is 0 Å². The van der Waals surface area contributed by atoms with Crippen molar-refractivity contribution in [1.29, 1.82) is 0 Å². The van der Waals surface area contributed by atoms with Crippen molar-refractivity contribution >= 4 is 15.9 Å². The van der Waals surface area contributed by atoms with Crippen molar-refractivity contribution in [2.45, 2.75) is 23.8 Å². The van der Waals surface area contributed by atoms with Crippen LogP contribution in [-0.4, -0.2) is 51.0 Å². The third-order valence-corrected chi connectivity index (χ3v) is 6.05. The first-order valence-electron chi connectivity index (χ1n) is 8.82. The average Bonchev–Trinajstić information content (AvgIpc) is 3.18. The normalized spacial score (nSPS) is 17.2. The largest absolute Gasteiger partial charge is 0.383 e. The Morgan fingerprint density at radius 3 is 2.81 bits per heavy atom. The van der Waals surface area contributed by atoms with Crippen LogP contribution in [0.5, 0.6) is 0 Å². The van der Waals surface area contributed by atoms with Crippen molar-refractivity contribution < 1.29 is 17.9 Å². The lowest BCUT2D eigenvalue weighted by molar-refractivity contribution is 0.0735. The number of methoxy groups -OCH3 is 1. The number of pyridine rings is 1. The van der Waals surface area contributed by atoms with Gasteiger partial charge >= 0.3 is 0 Å². The molecular weight excluding hydrogens is 366 g/mol. The molecular formula is C19H23N3O4S. The molecule has 27 heavy (non-hydrogen) atoms. The van der Waals surface area contributed by atoms with Crippen LogP contribution >= 0.6 is 0 Å². The third kappa shape index (κ3) is 4.52. The predicted molar refractivity (Wildman–Crippen MR) is 101 cm³/mol. The molecule has 0 aliphatic carbocycles. The molecule has 0 spiro atoms. The minimum atomic E-state index is -3.69.